The molecule has 0 bridgehead atoms. The van der Waals surface area contributed by atoms with Crippen molar-refractivity contribution in [1.29, 1.82) is 0 Å². The van der Waals surface area contributed by atoms with Gasteiger partial charge in [0.2, 0.25) is 0 Å². The topological polar surface area (TPSA) is 48.0 Å². The van der Waals surface area contributed by atoms with Gasteiger partial charge in [-0.3, -0.25) is 8.97 Å². The van der Waals surface area contributed by atoms with Crippen molar-refractivity contribution in [2.75, 3.05) is 0 Å². The molecule has 2 aromatic carbocycles. The maximum atomic E-state index is 13.8. The van der Waals surface area contributed by atoms with Crippen molar-refractivity contribution in [3.8, 4) is 0 Å². The maximum absolute atomic E-state index is 13.8. The largest absolute Gasteiger partial charge is 0.320 e. The van der Waals surface area contributed by atoms with Crippen LogP contribution < -0.4 is 0 Å². The lowest BCUT2D eigenvalue weighted by molar-refractivity contribution is 0.0715. The van der Waals surface area contributed by atoms with Crippen LogP contribution in [0.2, 0.25) is 0 Å². The molecular weight excluding hydrogens is 392 g/mol. The Bertz CT molecular complexity index is 1360. The van der Waals surface area contributed by atoms with Crippen molar-refractivity contribution in [2.24, 2.45) is 0 Å². The number of thioether (sulfide) groups is 1. The average molecular weight is 409 g/mol. The number of fused-ring (bicyclic) bond motifs is 4. The lowest BCUT2D eigenvalue weighted by Crippen LogP contribution is -2.06. The Balaban J connectivity index is 1.63. The molecule has 29 heavy (non-hydrogen) atoms. The standard InChI is InChI=1S/C21H17F2N5S/c1-12-11-18-25-26-21(27(18)16-9-5-3-7-14(12)16)29-13(2)19-24-15-8-4-6-10-17(15)28(19)20(22)23/h3-11,13,20H,1-2H3/t13-/m1/s1. The minimum absolute atomic E-state index is 0.319. The van der Waals surface area contributed by atoms with Crippen LogP contribution >= 0.6 is 11.8 Å². The summed E-state index contributed by atoms with van der Waals surface area (Å²) in [5.41, 5.74) is 3.83. The van der Waals surface area contributed by atoms with Crippen LogP contribution in [0.5, 0.6) is 0 Å². The predicted octanol–water partition coefficient (Wildman–Crippen LogP) is 5.79. The van der Waals surface area contributed by atoms with E-state index >= 15 is 0 Å². The van der Waals surface area contributed by atoms with E-state index in [1.807, 2.05) is 42.5 Å². The normalized spacial score (nSPS) is 13.1. The molecule has 0 aliphatic carbocycles. The number of rotatable bonds is 4. The lowest BCUT2D eigenvalue weighted by atomic mass is 10.1. The molecule has 1 atom stereocenters. The van der Waals surface area contributed by atoms with Crippen molar-refractivity contribution in [2.45, 2.75) is 30.8 Å². The monoisotopic (exact) mass is 409 g/mol. The summed E-state index contributed by atoms with van der Waals surface area (Å²) in [5.74, 6) is 0.319. The molecular formula is C21H17F2N5S. The number of alkyl halides is 2. The molecule has 3 heterocycles. The number of aryl methyl sites for hydroxylation is 1. The predicted molar refractivity (Wildman–Crippen MR) is 110 cm³/mol. The van der Waals surface area contributed by atoms with Gasteiger partial charge in [-0.2, -0.15) is 8.78 Å². The zero-order valence-electron chi connectivity index (χ0n) is 15.8. The molecule has 3 aromatic heterocycles. The average Bonchev–Trinajstić information content (AvgIpc) is 3.30. The summed E-state index contributed by atoms with van der Waals surface area (Å²) < 4.78 is 30.6. The summed E-state index contributed by atoms with van der Waals surface area (Å²) in [5, 5.41) is 10.0. The third-order valence-corrected chi connectivity index (χ3v) is 6.08. The first-order valence-corrected chi connectivity index (χ1v) is 10.1. The number of hydrogen-bond donors (Lipinski definition) is 0. The van der Waals surface area contributed by atoms with Gasteiger partial charge in [0.05, 0.1) is 21.8 Å². The van der Waals surface area contributed by atoms with Gasteiger partial charge in [-0.25, -0.2) is 4.98 Å². The van der Waals surface area contributed by atoms with E-state index in [4.69, 9.17) is 0 Å². The first-order chi connectivity index (χ1) is 14.0. The molecule has 0 aliphatic heterocycles. The van der Waals surface area contributed by atoms with Crippen LogP contribution in [0.15, 0.2) is 59.8 Å². The van der Waals surface area contributed by atoms with E-state index in [1.54, 1.807) is 24.3 Å². The number of aromatic nitrogens is 5. The van der Waals surface area contributed by atoms with E-state index in [-0.39, 0.29) is 5.25 Å². The van der Waals surface area contributed by atoms with E-state index < -0.39 is 6.55 Å². The number of para-hydroxylation sites is 3. The summed E-state index contributed by atoms with van der Waals surface area (Å²) in [6.07, 6.45) is 0. The smallest absolute Gasteiger partial charge is 0.270 e. The minimum atomic E-state index is -2.67. The van der Waals surface area contributed by atoms with Gasteiger partial charge in [0, 0.05) is 5.39 Å². The van der Waals surface area contributed by atoms with Crippen molar-refractivity contribution in [1.82, 2.24) is 24.1 Å². The molecule has 0 aliphatic rings. The second-order valence-electron chi connectivity index (χ2n) is 6.89. The first kappa shape index (κ1) is 18.1. The highest BCUT2D eigenvalue weighted by molar-refractivity contribution is 7.99. The third-order valence-electron chi connectivity index (χ3n) is 5.04. The highest BCUT2D eigenvalue weighted by atomic mass is 32.2. The molecule has 0 spiro atoms. The van der Waals surface area contributed by atoms with E-state index in [0.29, 0.717) is 22.0 Å². The zero-order valence-corrected chi connectivity index (χ0v) is 16.6. The second-order valence-corrected chi connectivity index (χ2v) is 8.20. The lowest BCUT2D eigenvalue weighted by Gasteiger charge is -2.13. The summed E-state index contributed by atoms with van der Waals surface area (Å²) >= 11 is 1.37. The quantitative estimate of drug-likeness (QED) is 0.353. The number of hydrogen-bond acceptors (Lipinski definition) is 4. The molecule has 5 aromatic rings. The van der Waals surface area contributed by atoms with E-state index in [1.165, 1.54) is 11.8 Å². The molecule has 8 heteroatoms. The molecule has 0 unspecified atom stereocenters. The van der Waals surface area contributed by atoms with Crippen molar-refractivity contribution in [3.63, 3.8) is 0 Å². The van der Waals surface area contributed by atoms with Gasteiger partial charge in [-0.15, -0.1) is 10.2 Å². The number of benzene rings is 2. The Labute approximate surface area is 169 Å². The highest BCUT2D eigenvalue weighted by Gasteiger charge is 2.24. The minimum Gasteiger partial charge on any atom is -0.270 e. The molecule has 0 N–H and O–H groups in total. The summed E-state index contributed by atoms with van der Waals surface area (Å²) in [6, 6.07) is 17.0. The van der Waals surface area contributed by atoms with Crippen LogP contribution in [0.1, 0.15) is 30.1 Å². The molecule has 0 amide bonds. The number of halogens is 2. The number of nitrogens with zero attached hydrogens (tertiary/aromatic N) is 5. The van der Waals surface area contributed by atoms with Crippen LogP contribution in [0, 0.1) is 6.92 Å². The molecule has 0 radical (unpaired) electrons. The fourth-order valence-electron chi connectivity index (χ4n) is 3.72. The fourth-order valence-corrected chi connectivity index (χ4v) is 4.69. The van der Waals surface area contributed by atoms with Crippen molar-refractivity contribution < 1.29 is 8.78 Å². The van der Waals surface area contributed by atoms with E-state index in [2.05, 4.69) is 21.2 Å². The second kappa shape index (κ2) is 6.81. The Morgan fingerprint density at radius 2 is 1.69 bits per heavy atom. The van der Waals surface area contributed by atoms with Crippen LogP contribution in [0.4, 0.5) is 8.78 Å². The van der Waals surface area contributed by atoms with Gasteiger partial charge in [-0.05, 0) is 43.7 Å². The number of imidazole rings is 1. The summed E-state index contributed by atoms with van der Waals surface area (Å²) in [6.45, 7) is 1.23. The van der Waals surface area contributed by atoms with Gasteiger partial charge in [0.1, 0.15) is 5.82 Å². The van der Waals surface area contributed by atoms with Gasteiger partial charge in [0.25, 0.3) is 0 Å². The molecule has 5 nitrogen and oxygen atoms in total. The van der Waals surface area contributed by atoms with Crippen LogP contribution in [0.3, 0.4) is 0 Å². The van der Waals surface area contributed by atoms with Crippen LogP contribution in [-0.2, 0) is 0 Å². The molecule has 5 rings (SSSR count). The van der Waals surface area contributed by atoms with Gasteiger partial charge >= 0.3 is 6.55 Å². The SMILES string of the molecule is Cc1cc2nnc(S[C@H](C)c3nc4ccccc4n3C(F)F)n2c2ccccc12. The first-order valence-electron chi connectivity index (χ1n) is 9.19. The van der Waals surface area contributed by atoms with E-state index in [0.717, 1.165) is 26.7 Å². The Morgan fingerprint density at radius 3 is 2.48 bits per heavy atom. The summed E-state index contributed by atoms with van der Waals surface area (Å²) in [7, 11) is 0. The fraction of sp³-hybridized carbons (Fsp3) is 0.190. The Hall–Kier alpha value is -3.00. The molecule has 0 saturated carbocycles. The molecule has 146 valence electrons. The van der Waals surface area contributed by atoms with Crippen LogP contribution in [-0.4, -0.2) is 24.1 Å². The Kier molecular flexibility index (Phi) is 4.24. The van der Waals surface area contributed by atoms with Gasteiger partial charge < -0.3 is 0 Å². The van der Waals surface area contributed by atoms with Gasteiger partial charge in [0.15, 0.2) is 10.8 Å². The van der Waals surface area contributed by atoms with Crippen LogP contribution in [0.25, 0.3) is 27.6 Å². The highest BCUT2D eigenvalue weighted by Crippen LogP contribution is 2.38. The van der Waals surface area contributed by atoms with Crippen molar-refractivity contribution >= 4 is 39.3 Å². The maximum Gasteiger partial charge on any atom is 0.320 e. The molecule has 0 fully saturated rings. The van der Waals surface area contributed by atoms with E-state index in [9.17, 15) is 8.78 Å². The van der Waals surface area contributed by atoms with Crippen molar-refractivity contribution in [3.05, 3.63) is 66.0 Å². The van der Waals surface area contributed by atoms with Gasteiger partial charge in [-0.1, -0.05) is 42.1 Å². The Morgan fingerprint density at radius 1 is 0.966 bits per heavy atom. The third kappa shape index (κ3) is 2.86. The number of pyridine rings is 1. The molecule has 0 saturated heterocycles. The zero-order chi connectivity index (χ0) is 20.1. The summed E-state index contributed by atoms with van der Waals surface area (Å²) in [4.78, 5) is 4.48.